The molecule has 0 radical (unpaired) electrons. The largest absolute Gasteiger partial charge is 0.461 e. The molecule has 180 valence electrons. The molecule has 8 heteroatoms. The second-order valence-electron chi connectivity index (χ2n) is 9.20. The van der Waals surface area contributed by atoms with Gasteiger partial charge in [-0.1, -0.05) is 42.5 Å². The minimum Gasteiger partial charge on any atom is -0.461 e. The second kappa shape index (κ2) is 9.30. The summed E-state index contributed by atoms with van der Waals surface area (Å²) >= 11 is 0. The van der Waals surface area contributed by atoms with Crippen LogP contribution < -0.4 is 5.73 Å². The van der Waals surface area contributed by atoms with Crippen LogP contribution in [0.3, 0.4) is 0 Å². The van der Waals surface area contributed by atoms with Gasteiger partial charge in [-0.25, -0.2) is 14.5 Å². The quantitative estimate of drug-likeness (QED) is 0.392. The van der Waals surface area contributed by atoms with Gasteiger partial charge in [-0.2, -0.15) is 0 Å². The molecule has 6 rings (SSSR count). The van der Waals surface area contributed by atoms with Gasteiger partial charge in [0.25, 0.3) is 5.91 Å². The van der Waals surface area contributed by atoms with E-state index < -0.39 is 0 Å². The molecule has 1 amide bonds. The van der Waals surface area contributed by atoms with Gasteiger partial charge < -0.3 is 15.1 Å². The number of nitrogens with two attached hydrogens (primary N) is 1. The standard InChI is InChI=1S/C28H26N6O2/c29-25-27-31-26(24-10-5-15-36-24)32-34(27)18-23(30-25)21-8-4-9-22(17-21)28(35)33-13-11-20(12-14-33)16-19-6-2-1-3-7-19/h1-10,15,17-18,20H,11-14,16H2,(H2,29,30). The van der Waals surface area contributed by atoms with Crippen molar-refractivity contribution in [2.45, 2.75) is 19.3 Å². The summed E-state index contributed by atoms with van der Waals surface area (Å²) in [6.45, 7) is 1.54. The molecule has 3 aromatic heterocycles. The second-order valence-corrected chi connectivity index (χ2v) is 9.20. The van der Waals surface area contributed by atoms with Gasteiger partial charge in [0, 0.05) is 24.2 Å². The molecule has 0 saturated carbocycles. The third kappa shape index (κ3) is 4.33. The predicted octanol–water partition coefficient (Wildman–Crippen LogP) is 4.73. The summed E-state index contributed by atoms with van der Waals surface area (Å²) in [6, 6.07) is 21.7. The Kier molecular flexibility index (Phi) is 5.69. The maximum absolute atomic E-state index is 13.3. The van der Waals surface area contributed by atoms with Gasteiger partial charge in [0.05, 0.1) is 18.2 Å². The fourth-order valence-corrected chi connectivity index (χ4v) is 4.84. The number of carbonyl (C=O) groups is 1. The Morgan fingerprint density at radius 1 is 1.00 bits per heavy atom. The maximum Gasteiger partial charge on any atom is 0.253 e. The summed E-state index contributed by atoms with van der Waals surface area (Å²) in [5.74, 6) is 1.90. The highest BCUT2D eigenvalue weighted by molar-refractivity contribution is 5.95. The SMILES string of the molecule is Nc1nc(-c2cccc(C(=O)N3CCC(Cc4ccccc4)CC3)c2)cn2nc(-c3ccco3)nc12. The van der Waals surface area contributed by atoms with E-state index in [4.69, 9.17) is 10.2 Å². The smallest absolute Gasteiger partial charge is 0.253 e. The number of furan rings is 1. The van der Waals surface area contributed by atoms with Gasteiger partial charge in [0.15, 0.2) is 17.2 Å². The molecular formula is C28H26N6O2. The Balaban J connectivity index is 1.19. The first kappa shape index (κ1) is 22.0. The minimum atomic E-state index is 0.0462. The van der Waals surface area contributed by atoms with Crippen molar-refractivity contribution in [3.8, 4) is 22.8 Å². The number of hydrogen-bond donors (Lipinski definition) is 1. The molecule has 5 aromatic rings. The van der Waals surface area contributed by atoms with E-state index in [0.29, 0.717) is 34.4 Å². The third-order valence-corrected chi connectivity index (χ3v) is 6.76. The molecule has 1 fully saturated rings. The predicted molar refractivity (Wildman–Crippen MR) is 137 cm³/mol. The summed E-state index contributed by atoms with van der Waals surface area (Å²) in [6.07, 6.45) is 6.43. The molecule has 0 aliphatic carbocycles. The molecule has 1 aliphatic heterocycles. The average Bonchev–Trinajstić information content (AvgIpc) is 3.60. The van der Waals surface area contributed by atoms with Crippen LogP contribution in [0.15, 0.2) is 83.6 Å². The lowest BCUT2D eigenvalue weighted by Gasteiger charge is -2.32. The van der Waals surface area contributed by atoms with Crippen LogP contribution in [-0.2, 0) is 6.42 Å². The van der Waals surface area contributed by atoms with E-state index in [-0.39, 0.29) is 11.7 Å². The fraction of sp³-hybridized carbons (Fsp3) is 0.214. The van der Waals surface area contributed by atoms with Crippen molar-refractivity contribution in [3.05, 3.63) is 90.3 Å². The van der Waals surface area contributed by atoms with Crippen LogP contribution in [0.25, 0.3) is 28.5 Å². The number of piperidine rings is 1. The Morgan fingerprint density at radius 2 is 1.83 bits per heavy atom. The highest BCUT2D eigenvalue weighted by Gasteiger charge is 2.24. The number of nitrogens with zero attached hydrogens (tertiary/aromatic N) is 5. The van der Waals surface area contributed by atoms with E-state index in [1.165, 1.54) is 5.56 Å². The topological polar surface area (TPSA) is 103 Å². The van der Waals surface area contributed by atoms with Gasteiger partial charge in [-0.05, 0) is 55.0 Å². The Labute approximate surface area is 208 Å². The van der Waals surface area contributed by atoms with Gasteiger partial charge in [-0.15, -0.1) is 5.10 Å². The molecule has 0 atom stereocenters. The molecular weight excluding hydrogens is 452 g/mol. The zero-order chi connectivity index (χ0) is 24.5. The number of aromatic nitrogens is 4. The molecule has 4 heterocycles. The lowest BCUT2D eigenvalue weighted by Crippen LogP contribution is -2.38. The number of rotatable bonds is 5. The summed E-state index contributed by atoms with van der Waals surface area (Å²) in [4.78, 5) is 24.2. The van der Waals surface area contributed by atoms with E-state index in [0.717, 1.165) is 37.9 Å². The fourth-order valence-electron chi connectivity index (χ4n) is 4.84. The highest BCUT2D eigenvalue weighted by atomic mass is 16.3. The number of benzene rings is 2. The van der Waals surface area contributed by atoms with E-state index in [1.807, 2.05) is 35.2 Å². The molecule has 8 nitrogen and oxygen atoms in total. The number of likely N-dealkylation sites (tertiary alicyclic amines) is 1. The first-order valence-corrected chi connectivity index (χ1v) is 12.1. The summed E-state index contributed by atoms with van der Waals surface area (Å²) < 4.78 is 7.00. The first-order chi connectivity index (χ1) is 17.6. The van der Waals surface area contributed by atoms with E-state index >= 15 is 0 Å². The molecule has 0 spiro atoms. The third-order valence-electron chi connectivity index (χ3n) is 6.76. The Bertz CT molecular complexity index is 1500. The minimum absolute atomic E-state index is 0.0462. The summed E-state index contributed by atoms with van der Waals surface area (Å²) in [5.41, 5.74) is 10.1. The van der Waals surface area contributed by atoms with E-state index in [2.05, 4.69) is 39.3 Å². The van der Waals surface area contributed by atoms with Crippen LogP contribution in [0.1, 0.15) is 28.8 Å². The van der Waals surface area contributed by atoms with E-state index in [1.54, 1.807) is 29.1 Å². The average molecular weight is 479 g/mol. The molecule has 2 N–H and O–H groups in total. The van der Waals surface area contributed by atoms with Crippen molar-refractivity contribution in [3.63, 3.8) is 0 Å². The number of fused-ring (bicyclic) bond motifs is 1. The summed E-state index contributed by atoms with van der Waals surface area (Å²) in [5, 5.41) is 4.49. The lowest BCUT2D eigenvalue weighted by molar-refractivity contribution is 0.0690. The zero-order valence-corrected chi connectivity index (χ0v) is 19.7. The molecule has 1 saturated heterocycles. The van der Waals surface area contributed by atoms with Crippen molar-refractivity contribution in [1.29, 1.82) is 0 Å². The highest BCUT2D eigenvalue weighted by Crippen LogP contribution is 2.26. The Hall–Kier alpha value is -4.46. The van der Waals surface area contributed by atoms with Gasteiger partial charge in [0.2, 0.25) is 5.82 Å². The number of nitrogen functional groups attached to an aromatic ring is 1. The maximum atomic E-state index is 13.3. The van der Waals surface area contributed by atoms with Crippen molar-refractivity contribution < 1.29 is 9.21 Å². The van der Waals surface area contributed by atoms with E-state index in [9.17, 15) is 4.79 Å². The van der Waals surface area contributed by atoms with Crippen LogP contribution in [0.2, 0.25) is 0 Å². The van der Waals surface area contributed by atoms with Gasteiger partial charge in [-0.3, -0.25) is 4.79 Å². The summed E-state index contributed by atoms with van der Waals surface area (Å²) in [7, 11) is 0. The molecule has 2 aromatic carbocycles. The van der Waals surface area contributed by atoms with Crippen LogP contribution in [0.5, 0.6) is 0 Å². The molecule has 0 unspecified atom stereocenters. The van der Waals surface area contributed by atoms with Crippen molar-refractivity contribution in [1.82, 2.24) is 24.5 Å². The van der Waals surface area contributed by atoms with Crippen LogP contribution in [-0.4, -0.2) is 43.5 Å². The van der Waals surface area contributed by atoms with Gasteiger partial charge in [0.1, 0.15) is 0 Å². The molecule has 36 heavy (non-hydrogen) atoms. The van der Waals surface area contributed by atoms with Crippen molar-refractivity contribution >= 4 is 17.4 Å². The number of anilines is 1. The number of amides is 1. The first-order valence-electron chi connectivity index (χ1n) is 12.1. The monoisotopic (exact) mass is 478 g/mol. The van der Waals surface area contributed by atoms with Crippen LogP contribution >= 0.6 is 0 Å². The van der Waals surface area contributed by atoms with Crippen molar-refractivity contribution in [2.24, 2.45) is 5.92 Å². The van der Waals surface area contributed by atoms with Crippen LogP contribution in [0, 0.1) is 5.92 Å². The Morgan fingerprint density at radius 3 is 2.61 bits per heavy atom. The van der Waals surface area contributed by atoms with Crippen molar-refractivity contribution in [2.75, 3.05) is 18.8 Å². The number of hydrogen-bond acceptors (Lipinski definition) is 6. The normalized spacial score (nSPS) is 14.4. The molecule has 0 bridgehead atoms. The van der Waals surface area contributed by atoms with Crippen LogP contribution in [0.4, 0.5) is 5.82 Å². The van der Waals surface area contributed by atoms with Gasteiger partial charge >= 0.3 is 0 Å². The lowest BCUT2D eigenvalue weighted by atomic mass is 9.90. The molecule has 1 aliphatic rings. The zero-order valence-electron chi connectivity index (χ0n) is 19.7. The number of carbonyl (C=O) groups excluding carboxylic acids is 1.